The van der Waals surface area contributed by atoms with Crippen LogP contribution in [0.15, 0.2) is 22.7 Å². The minimum atomic E-state index is -0.276. The molecule has 118 valence electrons. The van der Waals surface area contributed by atoms with Crippen LogP contribution in [0, 0.1) is 18.7 Å². The van der Waals surface area contributed by atoms with E-state index in [4.69, 9.17) is 16.1 Å². The van der Waals surface area contributed by atoms with Gasteiger partial charge >= 0.3 is 0 Å². The third-order valence-corrected chi connectivity index (χ3v) is 4.25. The molecule has 1 aliphatic heterocycles. The van der Waals surface area contributed by atoms with Crippen LogP contribution in [-0.2, 0) is 6.54 Å². The molecule has 1 aliphatic rings. The molecule has 5 nitrogen and oxygen atoms in total. The van der Waals surface area contributed by atoms with Gasteiger partial charge in [0.15, 0.2) is 5.82 Å². The Labute approximate surface area is 132 Å². The van der Waals surface area contributed by atoms with Crippen LogP contribution in [0.3, 0.4) is 0 Å². The topological polar surface area (TPSA) is 62.4 Å². The Morgan fingerprint density at radius 3 is 2.95 bits per heavy atom. The van der Waals surface area contributed by atoms with Gasteiger partial charge in [-0.25, -0.2) is 4.39 Å². The molecule has 0 aliphatic carbocycles. The van der Waals surface area contributed by atoms with Gasteiger partial charge in [0.25, 0.3) is 0 Å². The number of aryl methyl sites for hydroxylation is 1. The summed E-state index contributed by atoms with van der Waals surface area (Å²) in [5, 5.41) is 13.9. The zero-order valence-electron chi connectivity index (χ0n) is 12.2. The summed E-state index contributed by atoms with van der Waals surface area (Å²) < 4.78 is 19.1. The van der Waals surface area contributed by atoms with Crippen molar-refractivity contribution in [1.82, 2.24) is 15.0 Å². The average molecular weight is 326 g/mol. The van der Waals surface area contributed by atoms with Crippen LogP contribution in [0.25, 0.3) is 0 Å². The highest BCUT2D eigenvalue weighted by Gasteiger charge is 2.37. The molecule has 0 bridgehead atoms. The molecule has 2 aromatic rings. The molecule has 0 radical (unpaired) electrons. The van der Waals surface area contributed by atoms with Crippen molar-refractivity contribution < 1.29 is 14.0 Å². The third-order valence-electron chi connectivity index (χ3n) is 4.01. The minimum Gasteiger partial charge on any atom is -0.396 e. The predicted octanol–water partition coefficient (Wildman–Crippen LogP) is 2.38. The second kappa shape index (κ2) is 6.32. The number of aliphatic hydroxyl groups is 1. The average Bonchev–Trinajstić information content (AvgIpc) is 3.09. The maximum atomic E-state index is 13.8. The van der Waals surface area contributed by atoms with E-state index in [-0.39, 0.29) is 24.3 Å². The van der Waals surface area contributed by atoms with Crippen LogP contribution in [0.1, 0.15) is 23.2 Å². The van der Waals surface area contributed by atoms with Crippen LogP contribution >= 0.6 is 11.6 Å². The number of rotatable bonds is 4. The van der Waals surface area contributed by atoms with Crippen molar-refractivity contribution in [2.45, 2.75) is 19.4 Å². The monoisotopic (exact) mass is 325 g/mol. The van der Waals surface area contributed by atoms with Crippen molar-refractivity contribution in [3.8, 4) is 0 Å². The van der Waals surface area contributed by atoms with Crippen molar-refractivity contribution in [3.63, 3.8) is 0 Å². The Morgan fingerprint density at radius 1 is 1.45 bits per heavy atom. The molecular weight excluding hydrogens is 309 g/mol. The second-order valence-electron chi connectivity index (χ2n) is 5.66. The van der Waals surface area contributed by atoms with E-state index >= 15 is 0 Å². The molecule has 2 heterocycles. The first-order chi connectivity index (χ1) is 10.6. The fourth-order valence-corrected chi connectivity index (χ4v) is 3.12. The lowest BCUT2D eigenvalue weighted by Crippen LogP contribution is -2.21. The summed E-state index contributed by atoms with van der Waals surface area (Å²) in [7, 11) is 0. The molecule has 1 saturated heterocycles. The van der Waals surface area contributed by atoms with Gasteiger partial charge in [-0.2, -0.15) is 4.98 Å². The summed E-state index contributed by atoms with van der Waals surface area (Å²) in [6.45, 7) is 3.51. The van der Waals surface area contributed by atoms with Gasteiger partial charge in [0.1, 0.15) is 5.82 Å². The van der Waals surface area contributed by atoms with Crippen LogP contribution in [0.2, 0.25) is 5.02 Å². The highest BCUT2D eigenvalue weighted by Crippen LogP contribution is 2.32. The zero-order chi connectivity index (χ0) is 15.7. The van der Waals surface area contributed by atoms with E-state index in [0.29, 0.717) is 41.9 Å². The van der Waals surface area contributed by atoms with Crippen molar-refractivity contribution >= 4 is 11.6 Å². The Balaban J connectivity index is 1.75. The summed E-state index contributed by atoms with van der Waals surface area (Å²) in [5.41, 5.74) is 0.548. The molecule has 22 heavy (non-hydrogen) atoms. The number of nitrogens with zero attached hydrogens (tertiary/aromatic N) is 3. The molecule has 3 rings (SSSR count). The predicted molar refractivity (Wildman–Crippen MR) is 79.0 cm³/mol. The van der Waals surface area contributed by atoms with Crippen molar-refractivity contribution in [3.05, 3.63) is 46.3 Å². The molecule has 0 unspecified atom stereocenters. The van der Waals surface area contributed by atoms with E-state index in [1.54, 1.807) is 13.0 Å². The van der Waals surface area contributed by atoms with Gasteiger partial charge < -0.3 is 9.63 Å². The van der Waals surface area contributed by atoms with Crippen LogP contribution in [0.5, 0.6) is 0 Å². The minimum absolute atomic E-state index is 0.00194. The Kier molecular flexibility index (Phi) is 4.42. The van der Waals surface area contributed by atoms with Crippen molar-refractivity contribution in [2.24, 2.45) is 5.92 Å². The van der Waals surface area contributed by atoms with E-state index in [2.05, 4.69) is 15.0 Å². The van der Waals surface area contributed by atoms with Crippen molar-refractivity contribution in [2.75, 3.05) is 19.7 Å². The number of aliphatic hydroxyl groups excluding tert-OH is 1. The highest BCUT2D eigenvalue weighted by molar-refractivity contribution is 6.30. The van der Waals surface area contributed by atoms with Crippen LogP contribution in [-0.4, -0.2) is 39.8 Å². The zero-order valence-corrected chi connectivity index (χ0v) is 12.9. The quantitative estimate of drug-likeness (QED) is 0.935. The molecule has 1 aromatic carbocycles. The normalized spacial score (nSPS) is 22.4. The van der Waals surface area contributed by atoms with E-state index in [1.165, 1.54) is 12.1 Å². The van der Waals surface area contributed by atoms with Gasteiger partial charge in [-0.3, -0.25) is 4.90 Å². The van der Waals surface area contributed by atoms with Crippen LogP contribution in [0.4, 0.5) is 4.39 Å². The molecule has 1 aromatic heterocycles. The van der Waals surface area contributed by atoms with Crippen LogP contribution < -0.4 is 0 Å². The van der Waals surface area contributed by atoms with Gasteiger partial charge in [-0.15, -0.1) is 0 Å². The molecule has 0 saturated carbocycles. The Hall–Kier alpha value is -1.50. The van der Waals surface area contributed by atoms with Gasteiger partial charge in [0.05, 0.1) is 5.92 Å². The lowest BCUT2D eigenvalue weighted by molar-refractivity contribution is 0.204. The first kappa shape index (κ1) is 15.4. The first-order valence-corrected chi connectivity index (χ1v) is 7.52. The van der Waals surface area contributed by atoms with E-state index in [9.17, 15) is 9.50 Å². The fraction of sp³-hybridized carbons (Fsp3) is 0.467. The maximum absolute atomic E-state index is 13.8. The standard InChI is InChI=1S/C15H17ClFN3O2/c1-9-18-15(22-19-9)13-7-20(6-11(13)8-21)5-10-4-12(16)2-3-14(10)17/h2-4,11,13,21H,5-8H2,1H3/t11-,13+/m0/s1. The molecule has 1 N–H and O–H groups in total. The molecule has 0 amide bonds. The van der Waals surface area contributed by atoms with Gasteiger partial charge in [-0.05, 0) is 25.1 Å². The lowest BCUT2D eigenvalue weighted by Gasteiger charge is -2.16. The maximum Gasteiger partial charge on any atom is 0.231 e. The fourth-order valence-electron chi connectivity index (χ4n) is 2.92. The smallest absolute Gasteiger partial charge is 0.231 e. The molecule has 0 spiro atoms. The summed E-state index contributed by atoms with van der Waals surface area (Å²) in [6, 6.07) is 4.54. The first-order valence-electron chi connectivity index (χ1n) is 7.14. The number of hydrogen-bond acceptors (Lipinski definition) is 5. The van der Waals surface area contributed by atoms with Gasteiger partial charge in [0, 0.05) is 42.7 Å². The molecule has 1 fully saturated rings. The van der Waals surface area contributed by atoms with E-state index < -0.39 is 0 Å². The highest BCUT2D eigenvalue weighted by atomic mass is 35.5. The molecular formula is C15H17ClFN3O2. The number of hydrogen-bond donors (Lipinski definition) is 1. The SMILES string of the molecule is Cc1noc([C@@H]2CN(Cc3cc(Cl)ccc3F)C[C@H]2CO)n1. The summed E-state index contributed by atoms with van der Waals surface area (Å²) in [4.78, 5) is 6.32. The van der Waals surface area contributed by atoms with Crippen molar-refractivity contribution in [1.29, 1.82) is 0 Å². The third kappa shape index (κ3) is 3.14. The number of halogens is 2. The molecule has 7 heteroatoms. The number of benzene rings is 1. The number of likely N-dealkylation sites (tertiary alicyclic amines) is 1. The Bertz CT molecular complexity index is 664. The largest absolute Gasteiger partial charge is 0.396 e. The molecule has 2 atom stereocenters. The second-order valence-corrected chi connectivity index (χ2v) is 6.10. The van der Waals surface area contributed by atoms with E-state index in [0.717, 1.165) is 0 Å². The summed E-state index contributed by atoms with van der Waals surface area (Å²) in [6.07, 6.45) is 0. The summed E-state index contributed by atoms with van der Waals surface area (Å²) >= 11 is 5.93. The summed E-state index contributed by atoms with van der Waals surface area (Å²) in [5.74, 6) is 0.800. The Morgan fingerprint density at radius 2 is 2.27 bits per heavy atom. The van der Waals surface area contributed by atoms with Gasteiger partial charge in [0.2, 0.25) is 5.89 Å². The van der Waals surface area contributed by atoms with E-state index in [1.807, 2.05) is 0 Å². The number of aromatic nitrogens is 2. The lowest BCUT2D eigenvalue weighted by atomic mass is 9.97. The van der Waals surface area contributed by atoms with Gasteiger partial charge in [-0.1, -0.05) is 16.8 Å².